The molecule has 1 aliphatic rings. The lowest BCUT2D eigenvalue weighted by Gasteiger charge is -2.39. The van der Waals surface area contributed by atoms with Crippen molar-refractivity contribution in [2.75, 3.05) is 19.8 Å². The van der Waals surface area contributed by atoms with Crippen LogP contribution in [0.1, 0.15) is 42.0 Å². The molecule has 1 heterocycles. The summed E-state index contributed by atoms with van der Waals surface area (Å²) >= 11 is 0. The standard InChI is InChI=1S/C22H28N2O2.ClH/c1-17-7-5-6-10-19(17)22(11-13-26-14-12-22)16-24-21(25)15-20(23)18-8-3-2-4-9-18;/h2-10,20H,11-16,23H2,1H3,(H,24,25);1H. The third kappa shape index (κ3) is 5.32. The van der Waals surface area contributed by atoms with Crippen molar-refractivity contribution in [3.05, 3.63) is 71.3 Å². The Kier molecular flexibility index (Phi) is 7.84. The van der Waals surface area contributed by atoms with Crippen molar-refractivity contribution in [3.8, 4) is 0 Å². The molecule has 0 aromatic heterocycles. The maximum Gasteiger partial charge on any atom is 0.221 e. The van der Waals surface area contributed by atoms with Crippen LogP contribution in [0.15, 0.2) is 54.6 Å². The SMILES string of the molecule is Cc1ccccc1C1(CNC(=O)CC(N)c2ccccc2)CCOCC1.Cl. The number of benzene rings is 2. The largest absolute Gasteiger partial charge is 0.381 e. The van der Waals surface area contributed by atoms with Gasteiger partial charge in [0.05, 0.1) is 0 Å². The zero-order chi connectivity index (χ0) is 18.4. The van der Waals surface area contributed by atoms with Gasteiger partial charge in [-0.25, -0.2) is 0 Å². The number of rotatable bonds is 6. The molecular formula is C22H29ClN2O2. The van der Waals surface area contributed by atoms with Gasteiger partial charge < -0.3 is 15.8 Å². The monoisotopic (exact) mass is 388 g/mol. The van der Waals surface area contributed by atoms with Crippen LogP contribution in [-0.4, -0.2) is 25.7 Å². The summed E-state index contributed by atoms with van der Waals surface area (Å²) in [6.45, 7) is 4.22. The summed E-state index contributed by atoms with van der Waals surface area (Å²) in [7, 11) is 0. The summed E-state index contributed by atoms with van der Waals surface area (Å²) in [5.74, 6) is 0.000745. The summed E-state index contributed by atoms with van der Waals surface area (Å²) in [6, 6.07) is 18.0. The highest BCUT2D eigenvalue weighted by molar-refractivity contribution is 5.85. The number of ether oxygens (including phenoxy) is 1. The van der Waals surface area contributed by atoms with Gasteiger partial charge in [0.1, 0.15) is 0 Å². The van der Waals surface area contributed by atoms with Crippen LogP contribution >= 0.6 is 12.4 Å². The lowest BCUT2D eigenvalue weighted by atomic mass is 9.72. The zero-order valence-corrected chi connectivity index (χ0v) is 16.6. The van der Waals surface area contributed by atoms with E-state index in [-0.39, 0.29) is 29.8 Å². The van der Waals surface area contributed by atoms with Crippen molar-refractivity contribution in [1.82, 2.24) is 5.32 Å². The molecule has 0 spiro atoms. The van der Waals surface area contributed by atoms with E-state index in [1.807, 2.05) is 30.3 Å². The number of halogens is 1. The van der Waals surface area contributed by atoms with Crippen LogP contribution in [0.3, 0.4) is 0 Å². The van der Waals surface area contributed by atoms with E-state index < -0.39 is 0 Å². The molecule has 0 saturated carbocycles. The summed E-state index contributed by atoms with van der Waals surface area (Å²) in [6.07, 6.45) is 2.14. The van der Waals surface area contributed by atoms with E-state index in [0.29, 0.717) is 13.0 Å². The predicted molar refractivity (Wildman–Crippen MR) is 111 cm³/mol. The highest BCUT2D eigenvalue weighted by Crippen LogP contribution is 2.36. The Bertz CT molecular complexity index is 730. The van der Waals surface area contributed by atoms with Gasteiger partial charge in [-0.2, -0.15) is 0 Å². The molecule has 1 fully saturated rings. The minimum absolute atomic E-state index is 0. The molecule has 27 heavy (non-hydrogen) atoms. The number of amides is 1. The van der Waals surface area contributed by atoms with E-state index in [0.717, 1.165) is 31.6 Å². The molecule has 5 heteroatoms. The fourth-order valence-corrected chi connectivity index (χ4v) is 3.83. The normalized spacial score (nSPS) is 16.8. The molecule has 0 radical (unpaired) electrons. The molecule has 1 unspecified atom stereocenters. The first-order valence-electron chi connectivity index (χ1n) is 9.32. The van der Waals surface area contributed by atoms with E-state index in [1.54, 1.807) is 0 Å². The summed E-state index contributed by atoms with van der Waals surface area (Å²) < 4.78 is 5.58. The van der Waals surface area contributed by atoms with Gasteiger partial charge in [-0.05, 0) is 36.5 Å². The first-order chi connectivity index (χ1) is 12.6. The van der Waals surface area contributed by atoms with Gasteiger partial charge in [0.2, 0.25) is 5.91 Å². The molecule has 0 bridgehead atoms. The molecular weight excluding hydrogens is 360 g/mol. The molecule has 146 valence electrons. The lowest BCUT2D eigenvalue weighted by Crippen LogP contribution is -2.45. The van der Waals surface area contributed by atoms with Gasteiger partial charge in [0.15, 0.2) is 0 Å². The molecule has 0 aliphatic carbocycles. The quantitative estimate of drug-likeness (QED) is 0.793. The van der Waals surface area contributed by atoms with Crippen LogP contribution in [0.5, 0.6) is 0 Å². The Morgan fingerprint density at radius 1 is 1.11 bits per heavy atom. The molecule has 2 aromatic rings. The average Bonchev–Trinajstić information content (AvgIpc) is 2.68. The number of nitrogens with two attached hydrogens (primary N) is 1. The predicted octanol–water partition coefficient (Wildman–Crippen LogP) is 3.67. The van der Waals surface area contributed by atoms with Crippen molar-refractivity contribution in [3.63, 3.8) is 0 Å². The Labute approximate surface area is 167 Å². The van der Waals surface area contributed by atoms with Gasteiger partial charge in [0.25, 0.3) is 0 Å². The van der Waals surface area contributed by atoms with E-state index in [4.69, 9.17) is 10.5 Å². The van der Waals surface area contributed by atoms with Gasteiger partial charge in [-0.3, -0.25) is 4.79 Å². The fourth-order valence-electron chi connectivity index (χ4n) is 3.83. The Morgan fingerprint density at radius 2 is 1.74 bits per heavy atom. The second kappa shape index (κ2) is 9.88. The van der Waals surface area contributed by atoms with Gasteiger partial charge in [0, 0.05) is 37.6 Å². The van der Waals surface area contributed by atoms with Crippen LogP contribution in [-0.2, 0) is 14.9 Å². The first kappa shape index (κ1) is 21.4. The van der Waals surface area contributed by atoms with Gasteiger partial charge in [-0.1, -0.05) is 54.6 Å². The molecule has 3 rings (SSSR count). The molecule has 2 aromatic carbocycles. The highest BCUT2D eigenvalue weighted by Gasteiger charge is 2.35. The number of hydrogen-bond donors (Lipinski definition) is 2. The van der Waals surface area contributed by atoms with Crippen LogP contribution in [0.4, 0.5) is 0 Å². The minimum atomic E-state index is -0.277. The van der Waals surface area contributed by atoms with Crippen LogP contribution in [0.2, 0.25) is 0 Å². The number of aryl methyl sites for hydroxylation is 1. The summed E-state index contributed by atoms with van der Waals surface area (Å²) in [4.78, 5) is 12.5. The molecule has 1 aliphatic heterocycles. The Hall–Kier alpha value is -1.88. The first-order valence-corrected chi connectivity index (χ1v) is 9.32. The van der Waals surface area contributed by atoms with Crippen LogP contribution < -0.4 is 11.1 Å². The summed E-state index contributed by atoms with van der Waals surface area (Å²) in [5, 5.41) is 3.15. The average molecular weight is 389 g/mol. The molecule has 1 amide bonds. The number of hydrogen-bond acceptors (Lipinski definition) is 3. The molecule has 1 saturated heterocycles. The topological polar surface area (TPSA) is 64.4 Å². The summed E-state index contributed by atoms with van der Waals surface area (Å²) in [5.41, 5.74) is 9.70. The maximum atomic E-state index is 12.5. The van der Waals surface area contributed by atoms with E-state index in [9.17, 15) is 4.79 Å². The van der Waals surface area contributed by atoms with E-state index in [2.05, 4.69) is 36.5 Å². The van der Waals surface area contributed by atoms with E-state index >= 15 is 0 Å². The molecule has 3 N–H and O–H groups in total. The van der Waals surface area contributed by atoms with Crippen molar-refractivity contribution >= 4 is 18.3 Å². The fraction of sp³-hybridized carbons (Fsp3) is 0.409. The third-order valence-electron chi connectivity index (χ3n) is 5.42. The zero-order valence-electron chi connectivity index (χ0n) is 15.8. The van der Waals surface area contributed by atoms with Gasteiger partial charge >= 0.3 is 0 Å². The third-order valence-corrected chi connectivity index (χ3v) is 5.42. The Balaban J connectivity index is 0.00000261. The van der Waals surface area contributed by atoms with Crippen molar-refractivity contribution < 1.29 is 9.53 Å². The second-order valence-corrected chi connectivity index (χ2v) is 7.21. The van der Waals surface area contributed by atoms with Crippen molar-refractivity contribution in [2.45, 2.75) is 37.6 Å². The van der Waals surface area contributed by atoms with Gasteiger partial charge in [-0.15, -0.1) is 12.4 Å². The maximum absolute atomic E-state index is 12.5. The minimum Gasteiger partial charge on any atom is -0.381 e. The van der Waals surface area contributed by atoms with E-state index in [1.165, 1.54) is 11.1 Å². The lowest BCUT2D eigenvalue weighted by molar-refractivity contribution is -0.122. The smallest absolute Gasteiger partial charge is 0.221 e. The number of carbonyl (C=O) groups excluding carboxylic acids is 1. The molecule has 1 atom stereocenters. The Morgan fingerprint density at radius 3 is 2.41 bits per heavy atom. The number of carbonyl (C=O) groups is 1. The van der Waals surface area contributed by atoms with Crippen molar-refractivity contribution in [1.29, 1.82) is 0 Å². The number of nitrogens with one attached hydrogen (secondary N) is 1. The van der Waals surface area contributed by atoms with Crippen LogP contribution in [0.25, 0.3) is 0 Å². The highest BCUT2D eigenvalue weighted by atomic mass is 35.5. The molecule has 4 nitrogen and oxygen atoms in total. The van der Waals surface area contributed by atoms with Crippen molar-refractivity contribution in [2.24, 2.45) is 5.73 Å². The van der Waals surface area contributed by atoms with Crippen LogP contribution in [0, 0.1) is 6.92 Å². The second-order valence-electron chi connectivity index (χ2n) is 7.21.